The van der Waals surface area contributed by atoms with E-state index in [-0.39, 0.29) is 18.2 Å². The average molecular weight is 373 g/mol. The highest BCUT2D eigenvalue weighted by molar-refractivity contribution is 5.98. The summed E-state index contributed by atoms with van der Waals surface area (Å²) in [5.41, 5.74) is 1.18. The van der Waals surface area contributed by atoms with Crippen molar-refractivity contribution in [1.82, 2.24) is 10.6 Å². The van der Waals surface area contributed by atoms with Gasteiger partial charge in [-0.3, -0.25) is 14.4 Å². The molecule has 27 heavy (non-hydrogen) atoms. The van der Waals surface area contributed by atoms with Crippen LogP contribution in [-0.4, -0.2) is 34.9 Å². The van der Waals surface area contributed by atoms with Crippen LogP contribution in [0.25, 0.3) is 0 Å². The number of hydrogen-bond acceptors (Lipinski definition) is 4. The van der Waals surface area contributed by atoms with Gasteiger partial charge in [0, 0.05) is 19.0 Å². The number of aliphatic hydroxyl groups is 1. The Bertz CT molecular complexity index is 707. The first-order valence-electron chi connectivity index (χ1n) is 8.75. The lowest BCUT2D eigenvalue weighted by Gasteiger charge is -2.23. The van der Waals surface area contributed by atoms with Gasteiger partial charge in [0.25, 0.3) is 0 Å². The van der Waals surface area contributed by atoms with Crippen LogP contribution in [0.1, 0.15) is 45.8 Å². The van der Waals surface area contributed by atoms with E-state index in [1.165, 1.54) is 6.92 Å². The highest BCUT2D eigenvalue weighted by atomic mass is 16.3. The van der Waals surface area contributed by atoms with Crippen molar-refractivity contribution in [1.29, 1.82) is 0 Å². The van der Waals surface area contributed by atoms with Gasteiger partial charge in [-0.2, -0.15) is 0 Å². The smallest absolute Gasteiger partial charge is 0.246 e. The van der Waals surface area contributed by atoms with Crippen LogP contribution in [0.3, 0.4) is 0 Å². The molecule has 1 unspecified atom stereocenters. The minimum Gasteiger partial charge on any atom is -0.387 e. The summed E-state index contributed by atoms with van der Waals surface area (Å²) in [7, 11) is 0. The molecular formula is C20H27N3O4. The summed E-state index contributed by atoms with van der Waals surface area (Å²) in [5, 5.41) is 17.7. The molecule has 0 saturated heterocycles. The van der Waals surface area contributed by atoms with E-state index in [1.54, 1.807) is 45.0 Å². The van der Waals surface area contributed by atoms with Crippen molar-refractivity contribution in [2.75, 3.05) is 5.32 Å². The zero-order chi connectivity index (χ0) is 20.6. The monoisotopic (exact) mass is 373 g/mol. The number of amides is 3. The van der Waals surface area contributed by atoms with E-state index in [0.717, 1.165) is 0 Å². The normalized spacial score (nSPS) is 13.8. The maximum absolute atomic E-state index is 12.3. The van der Waals surface area contributed by atoms with E-state index in [4.69, 9.17) is 6.42 Å². The van der Waals surface area contributed by atoms with Crippen molar-refractivity contribution in [2.24, 2.45) is 5.92 Å². The van der Waals surface area contributed by atoms with Gasteiger partial charge in [0.05, 0.1) is 6.10 Å². The van der Waals surface area contributed by atoms with Crippen molar-refractivity contribution >= 4 is 23.4 Å². The van der Waals surface area contributed by atoms with E-state index < -0.39 is 30.0 Å². The van der Waals surface area contributed by atoms with Crippen LogP contribution in [0.15, 0.2) is 24.3 Å². The van der Waals surface area contributed by atoms with E-state index in [2.05, 4.69) is 21.9 Å². The number of benzene rings is 1. The van der Waals surface area contributed by atoms with Crippen molar-refractivity contribution in [3.05, 3.63) is 29.8 Å². The highest BCUT2D eigenvalue weighted by Gasteiger charge is 2.26. The Morgan fingerprint density at radius 2 is 1.67 bits per heavy atom. The second-order valence-corrected chi connectivity index (χ2v) is 6.69. The molecule has 3 amide bonds. The third kappa shape index (κ3) is 7.12. The Morgan fingerprint density at radius 1 is 1.07 bits per heavy atom. The van der Waals surface area contributed by atoms with Crippen LogP contribution in [0, 0.1) is 18.3 Å². The molecule has 0 aliphatic rings. The van der Waals surface area contributed by atoms with Crippen LogP contribution in [-0.2, 0) is 14.4 Å². The molecular weight excluding hydrogens is 346 g/mol. The molecule has 0 aromatic heterocycles. The van der Waals surface area contributed by atoms with E-state index in [1.807, 2.05) is 0 Å². The Balaban J connectivity index is 2.67. The molecule has 0 aliphatic heterocycles. The number of carbonyl (C=O) groups is 3. The zero-order valence-electron chi connectivity index (χ0n) is 16.1. The molecule has 1 aromatic rings. The second kappa shape index (κ2) is 10.3. The minimum absolute atomic E-state index is 0.119. The summed E-state index contributed by atoms with van der Waals surface area (Å²) in [6, 6.07) is 5.14. The van der Waals surface area contributed by atoms with Gasteiger partial charge >= 0.3 is 0 Å². The van der Waals surface area contributed by atoms with Gasteiger partial charge in [0.15, 0.2) is 0 Å². The molecule has 4 N–H and O–H groups in total. The highest BCUT2D eigenvalue weighted by Crippen LogP contribution is 2.18. The van der Waals surface area contributed by atoms with Crippen molar-refractivity contribution in [3.8, 4) is 12.3 Å². The van der Waals surface area contributed by atoms with E-state index >= 15 is 0 Å². The molecule has 1 rings (SSSR count). The molecule has 0 spiro atoms. The van der Waals surface area contributed by atoms with Crippen molar-refractivity contribution < 1.29 is 19.5 Å². The lowest BCUT2D eigenvalue weighted by Crippen LogP contribution is -2.53. The van der Waals surface area contributed by atoms with Crippen LogP contribution >= 0.6 is 0 Å². The first kappa shape index (κ1) is 22.2. The van der Waals surface area contributed by atoms with Gasteiger partial charge in [-0.1, -0.05) is 26.0 Å². The lowest BCUT2D eigenvalue weighted by molar-refractivity contribution is -0.131. The number of carbonyl (C=O) groups excluding carboxylic acids is 3. The summed E-state index contributed by atoms with van der Waals surface area (Å²) in [5.74, 6) is 1.14. The molecule has 7 heteroatoms. The molecule has 0 bridgehead atoms. The standard InChI is InChI=1S/C20H27N3O4/c1-6-7-17(25)15-8-10-16(11-9-15)23-19(26)13(4)21-20(27)18(12(2)3)22-14(5)24/h1,8-13,17-18,25H,7H2,2-5H3,(H,21,27)(H,22,24)(H,23,26)/t13-,17?,18-/m0/s1. The molecule has 0 saturated carbocycles. The topological polar surface area (TPSA) is 108 Å². The summed E-state index contributed by atoms with van der Waals surface area (Å²) >= 11 is 0. The molecule has 146 valence electrons. The summed E-state index contributed by atoms with van der Waals surface area (Å²) < 4.78 is 0. The molecule has 3 atom stereocenters. The molecule has 7 nitrogen and oxygen atoms in total. The minimum atomic E-state index is -0.792. The number of terminal acetylenes is 1. The number of hydrogen-bond donors (Lipinski definition) is 4. The third-order valence-electron chi connectivity index (χ3n) is 3.93. The second-order valence-electron chi connectivity index (χ2n) is 6.69. The number of aliphatic hydroxyl groups excluding tert-OH is 1. The maximum atomic E-state index is 12.3. The summed E-state index contributed by atoms with van der Waals surface area (Å²) in [4.78, 5) is 35.9. The SMILES string of the molecule is C#CCC(O)c1ccc(NC(=O)[C@H](C)NC(=O)[C@@H](NC(C)=O)C(C)C)cc1. The zero-order valence-corrected chi connectivity index (χ0v) is 16.1. The van der Waals surface area contributed by atoms with Gasteiger partial charge in [0.2, 0.25) is 17.7 Å². The molecule has 0 aliphatic carbocycles. The summed E-state index contributed by atoms with van der Waals surface area (Å²) in [6.07, 6.45) is 4.64. The Hall–Kier alpha value is -2.85. The van der Waals surface area contributed by atoms with Crippen LogP contribution in [0.2, 0.25) is 0 Å². The molecule has 0 heterocycles. The quantitative estimate of drug-likeness (QED) is 0.516. The van der Waals surface area contributed by atoms with Gasteiger partial charge in [-0.25, -0.2) is 0 Å². The fourth-order valence-corrected chi connectivity index (χ4v) is 2.39. The number of nitrogens with one attached hydrogen (secondary N) is 3. The van der Waals surface area contributed by atoms with Crippen LogP contribution < -0.4 is 16.0 Å². The van der Waals surface area contributed by atoms with Gasteiger partial charge in [0.1, 0.15) is 12.1 Å². The van der Waals surface area contributed by atoms with E-state index in [9.17, 15) is 19.5 Å². The first-order chi connectivity index (χ1) is 12.6. The molecule has 1 aromatic carbocycles. The number of rotatable bonds is 8. The average Bonchev–Trinajstić information content (AvgIpc) is 2.59. The molecule has 0 radical (unpaired) electrons. The summed E-state index contributed by atoms with van der Waals surface area (Å²) in [6.45, 7) is 6.51. The van der Waals surface area contributed by atoms with Crippen LogP contribution in [0.4, 0.5) is 5.69 Å². The van der Waals surface area contributed by atoms with Crippen molar-refractivity contribution in [2.45, 2.75) is 52.3 Å². The number of anilines is 1. The lowest BCUT2D eigenvalue weighted by atomic mass is 10.0. The van der Waals surface area contributed by atoms with Crippen LogP contribution in [0.5, 0.6) is 0 Å². The molecule has 0 fully saturated rings. The van der Waals surface area contributed by atoms with Gasteiger partial charge in [-0.15, -0.1) is 12.3 Å². The Morgan fingerprint density at radius 3 is 2.15 bits per heavy atom. The van der Waals surface area contributed by atoms with Gasteiger partial charge in [-0.05, 0) is 30.5 Å². The predicted octanol–water partition coefficient (Wildman–Crippen LogP) is 1.35. The Kier molecular flexibility index (Phi) is 8.49. The van der Waals surface area contributed by atoms with E-state index in [0.29, 0.717) is 11.3 Å². The largest absolute Gasteiger partial charge is 0.387 e. The van der Waals surface area contributed by atoms with Crippen molar-refractivity contribution in [3.63, 3.8) is 0 Å². The predicted molar refractivity (Wildman–Crippen MR) is 104 cm³/mol. The fraction of sp³-hybridized carbons (Fsp3) is 0.450. The fourth-order valence-electron chi connectivity index (χ4n) is 2.39. The first-order valence-corrected chi connectivity index (χ1v) is 8.75. The maximum Gasteiger partial charge on any atom is 0.246 e. The van der Waals surface area contributed by atoms with Gasteiger partial charge < -0.3 is 21.1 Å². The Labute approximate surface area is 159 Å². The third-order valence-corrected chi connectivity index (χ3v) is 3.93.